The molecule has 0 amide bonds. The Hall–Kier alpha value is -2.68. The SMILES string of the molecule is C[S+]([O-])c1ccc(-c2nn(-c3nc(C(=O)O)cs3)c3ccccc23)cc1. The maximum Gasteiger partial charge on any atom is 0.355 e. The minimum Gasteiger partial charge on any atom is -0.612 e. The fourth-order valence-corrected chi connectivity index (χ4v) is 3.97. The van der Waals surface area contributed by atoms with Gasteiger partial charge in [-0.2, -0.15) is 5.10 Å². The molecule has 1 atom stereocenters. The monoisotopic (exact) mass is 383 g/mol. The summed E-state index contributed by atoms with van der Waals surface area (Å²) in [7, 11) is 0. The van der Waals surface area contributed by atoms with Crippen molar-refractivity contribution in [1.82, 2.24) is 14.8 Å². The quantitative estimate of drug-likeness (QED) is 0.544. The molecule has 0 aliphatic rings. The van der Waals surface area contributed by atoms with E-state index in [1.54, 1.807) is 10.9 Å². The second-order valence-electron chi connectivity index (χ2n) is 5.58. The summed E-state index contributed by atoms with van der Waals surface area (Å²) < 4.78 is 13.2. The third-order valence-corrected chi connectivity index (χ3v) is 5.69. The molecule has 2 heterocycles. The predicted octanol–water partition coefficient (Wildman–Crippen LogP) is 3.58. The number of benzene rings is 2. The summed E-state index contributed by atoms with van der Waals surface area (Å²) in [6, 6.07) is 15.1. The van der Waals surface area contributed by atoms with Crippen LogP contribution in [-0.4, -0.2) is 36.6 Å². The van der Waals surface area contributed by atoms with Crippen LogP contribution in [0.3, 0.4) is 0 Å². The van der Waals surface area contributed by atoms with E-state index in [2.05, 4.69) is 10.1 Å². The largest absolute Gasteiger partial charge is 0.612 e. The lowest BCUT2D eigenvalue weighted by atomic mass is 10.1. The van der Waals surface area contributed by atoms with E-state index in [0.29, 0.717) is 5.13 Å². The van der Waals surface area contributed by atoms with Crippen LogP contribution < -0.4 is 0 Å². The van der Waals surface area contributed by atoms with Crippen molar-refractivity contribution in [2.75, 3.05) is 6.26 Å². The Balaban J connectivity index is 1.87. The number of hydrogen-bond donors (Lipinski definition) is 1. The number of aromatic nitrogens is 3. The van der Waals surface area contributed by atoms with Crippen LogP contribution in [0.25, 0.3) is 27.3 Å². The molecule has 1 N–H and O–H groups in total. The predicted molar refractivity (Wildman–Crippen MR) is 101 cm³/mol. The Bertz CT molecular complexity index is 1100. The first kappa shape index (κ1) is 16.8. The molecular weight excluding hydrogens is 370 g/mol. The van der Waals surface area contributed by atoms with Crippen molar-refractivity contribution < 1.29 is 14.5 Å². The average Bonchev–Trinajstić information content (AvgIpc) is 3.27. The number of carbonyl (C=O) groups is 1. The fourth-order valence-electron chi connectivity index (χ4n) is 2.69. The van der Waals surface area contributed by atoms with Crippen molar-refractivity contribution in [3.05, 3.63) is 59.6 Å². The molecule has 26 heavy (non-hydrogen) atoms. The van der Waals surface area contributed by atoms with E-state index >= 15 is 0 Å². The first-order valence-corrected chi connectivity index (χ1v) is 10.1. The van der Waals surface area contributed by atoms with Crippen LogP contribution in [0.4, 0.5) is 0 Å². The minimum atomic E-state index is -1.06. The van der Waals surface area contributed by atoms with Gasteiger partial charge in [-0.05, 0) is 41.5 Å². The highest BCUT2D eigenvalue weighted by molar-refractivity contribution is 7.90. The van der Waals surface area contributed by atoms with Crippen LogP contribution in [0.5, 0.6) is 0 Å². The van der Waals surface area contributed by atoms with Crippen molar-refractivity contribution >= 4 is 39.4 Å². The maximum absolute atomic E-state index is 11.6. The number of carboxylic acid groups (broad SMARTS) is 1. The van der Waals surface area contributed by atoms with Gasteiger partial charge in [0, 0.05) is 16.3 Å². The van der Waals surface area contributed by atoms with E-state index < -0.39 is 17.1 Å². The lowest BCUT2D eigenvalue weighted by Crippen LogP contribution is -2.00. The third-order valence-electron chi connectivity index (χ3n) is 3.94. The molecule has 4 rings (SSSR count). The zero-order chi connectivity index (χ0) is 18.3. The van der Waals surface area contributed by atoms with Gasteiger partial charge in [0.1, 0.15) is 11.9 Å². The molecule has 0 aliphatic carbocycles. The fraction of sp³-hybridized carbons (Fsp3) is 0.0556. The molecule has 4 aromatic rings. The van der Waals surface area contributed by atoms with Crippen LogP contribution >= 0.6 is 11.3 Å². The van der Waals surface area contributed by atoms with Gasteiger partial charge in [-0.1, -0.05) is 18.2 Å². The van der Waals surface area contributed by atoms with E-state index in [0.717, 1.165) is 27.1 Å². The Labute approximate surface area is 155 Å². The summed E-state index contributed by atoms with van der Waals surface area (Å²) >= 11 is 0.192. The van der Waals surface area contributed by atoms with Gasteiger partial charge in [0.2, 0.25) is 5.13 Å². The number of fused-ring (bicyclic) bond motifs is 1. The molecule has 0 radical (unpaired) electrons. The van der Waals surface area contributed by atoms with Crippen LogP contribution in [0.15, 0.2) is 58.8 Å². The first-order valence-electron chi connectivity index (χ1n) is 7.65. The Morgan fingerprint density at radius 2 is 1.92 bits per heavy atom. The summed E-state index contributed by atoms with van der Waals surface area (Å²) in [4.78, 5) is 16.0. The zero-order valence-corrected chi connectivity index (χ0v) is 15.3. The van der Waals surface area contributed by atoms with Crippen LogP contribution in [-0.2, 0) is 11.2 Å². The topological polar surface area (TPSA) is 91.1 Å². The van der Waals surface area contributed by atoms with Crippen LogP contribution in [0.1, 0.15) is 10.5 Å². The number of para-hydroxylation sites is 1. The highest BCUT2D eigenvalue weighted by atomic mass is 32.2. The van der Waals surface area contributed by atoms with Crippen molar-refractivity contribution in [2.24, 2.45) is 0 Å². The molecular formula is C18H13N3O3S2. The Kier molecular flexibility index (Phi) is 4.23. The molecule has 2 aromatic carbocycles. The summed E-state index contributed by atoms with van der Waals surface area (Å²) in [6.07, 6.45) is 1.64. The average molecular weight is 383 g/mol. The maximum atomic E-state index is 11.6. The second-order valence-corrected chi connectivity index (χ2v) is 7.79. The van der Waals surface area contributed by atoms with Crippen LogP contribution in [0, 0.1) is 0 Å². The normalized spacial score (nSPS) is 12.4. The highest BCUT2D eigenvalue weighted by Gasteiger charge is 2.17. The van der Waals surface area contributed by atoms with Crippen LogP contribution in [0.2, 0.25) is 0 Å². The van der Waals surface area contributed by atoms with E-state index in [4.69, 9.17) is 5.11 Å². The highest BCUT2D eigenvalue weighted by Crippen LogP contribution is 2.31. The van der Waals surface area contributed by atoms with Crippen molar-refractivity contribution in [3.63, 3.8) is 0 Å². The minimum absolute atomic E-state index is 0.000842. The summed E-state index contributed by atoms with van der Waals surface area (Å²) in [6.45, 7) is 0. The van der Waals surface area contributed by atoms with Crippen molar-refractivity contribution in [2.45, 2.75) is 4.90 Å². The molecule has 0 spiro atoms. The number of rotatable bonds is 4. The summed E-state index contributed by atoms with van der Waals surface area (Å²) in [5.74, 6) is -1.06. The lowest BCUT2D eigenvalue weighted by Gasteiger charge is -2.04. The summed E-state index contributed by atoms with van der Waals surface area (Å²) in [5, 5.41) is 16.7. The van der Waals surface area contributed by atoms with Gasteiger partial charge in [0.05, 0.1) is 5.52 Å². The van der Waals surface area contributed by atoms with Gasteiger partial charge in [0.25, 0.3) is 0 Å². The molecule has 0 aliphatic heterocycles. The molecule has 0 saturated heterocycles. The van der Waals surface area contributed by atoms with Gasteiger partial charge in [-0.25, -0.2) is 14.5 Å². The molecule has 2 aromatic heterocycles. The number of aromatic carboxylic acids is 1. The molecule has 0 saturated carbocycles. The number of hydrogen-bond acceptors (Lipinski definition) is 5. The van der Waals surface area contributed by atoms with Crippen molar-refractivity contribution in [3.8, 4) is 16.4 Å². The standard InChI is InChI=1S/C18H13N3O3S2/c1-26(24)12-8-6-11(7-9-12)16-13-4-2-3-5-15(13)21(20-16)18-19-14(10-25-18)17(22)23/h2-10H,1H3,(H,22,23). The molecule has 8 heteroatoms. The Morgan fingerprint density at radius 3 is 2.58 bits per heavy atom. The van der Waals surface area contributed by atoms with Crippen molar-refractivity contribution in [1.29, 1.82) is 0 Å². The van der Waals surface area contributed by atoms with E-state index in [9.17, 15) is 9.35 Å². The number of nitrogens with zero attached hydrogens (tertiary/aromatic N) is 3. The molecule has 0 bridgehead atoms. The van der Waals surface area contributed by atoms with Gasteiger partial charge in [-0.3, -0.25) is 0 Å². The molecule has 0 fully saturated rings. The smallest absolute Gasteiger partial charge is 0.355 e. The third kappa shape index (κ3) is 2.88. The number of thiazole rings is 1. The Morgan fingerprint density at radius 1 is 1.19 bits per heavy atom. The molecule has 1 unspecified atom stereocenters. The molecule has 130 valence electrons. The molecule has 6 nitrogen and oxygen atoms in total. The second kappa shape index (κ2) is 6.56. The van der Waals surface area contributed by atoms with E-state index in [1.165, 1.54) is 16.7 Å². The van der Waals surface area contributed by atoms with E-state index in [-0.39, 0.29) is 5.69 Å². The zero-order valence-electron chi connectivity index (χ0n) is 13.6. The first-order chi connectivity index (χ1) is 12.5. The van der Waals surface area contributed by atoms with E-state index in [1.807, 2.05) is 48.5 Å². The lowest BCUT2D eigenvalue weighted by molar-refractivity contribution is 0.0691. The van der Waals surface area contributed by atoms with Gasteiger partial charge in [0.15, 0.2) is 10.6 Å². The number of carboxylic acids is 1. The van der Waals surface area contributed by atoms with Gasteiger partial charge in [-0.15, -0.1) is 11.3 Å². The summed E-state index contributed by atoms with van der Waals surface area (Å²) in [5.41, 5.74) is 2.50. The van der Waals surface area contributed by atoms with Gasteiger partial charge < -0.3 is 9.66 Å². The van der Waals surface area contributed by atoms with Gasteiger partial charge >= 0.3 is 5.97 Å².